The molecule has 0 saturated carbocycles. The molecule has 0 spiro atoms. The molecule has 3 rings (SSSR count). The highest BCUT2D eigenvalue weighted by atomic mass is 16.5. The number of aliphatic hydroxyl groups is 1. The smallest absolute Gasteiger partial charge is 0.341 e. The summed E-state index contributed by atoms with van der Waals surface area (Å²) in [6, 6.07) is 13.5. The molecular weight excluding hydrogens is 368 g/mol. The van der Waals surface area contributed by atoms with Crippen LogP contribution in [0.3, 0.4) is 0 Å². The number of benzene rings is 2. The summed E-state index contributed by atoms with van der Waals surface area (Å²) in [5.41, 5.74) is 4.24. The number of rotatable bonds is 7. The van der Waals surface area contributed by atoms with Crippen LogP contribution in [-0.2, 0) is 4.74 Å². The summed E-state index contributed by atoms with van der Waals surface area (Å²) in [4.78, 5) is 16.4. The number of β-amino-alcohol motifs (C(OH)–C–C–N with tert-alkyl or cyclic N) is 1. The molecule has 0 radical (unpaired) electrons. The number of carbonyl (C=O) groups excluding carboxylic acids is 1. The van der Waals surface area contributed by atoms with E-state index in [0.29, 0.717) is 17.9 Å². The second-order valence-corrected chi connectivity index (χ2v) is 7.51. The third-order valence-corrected chi connectivity index (χ3v) is 5.42. The topological polar surface area (TPSA) is 62.2 Å². The minimum Gasteiger partial charge on any atom is -0.490 e. The molecule has 1 saturated heterocycles. The Morgan fingerprint density at radius 3 is 2.48 bits per heavy atom. The number of aliphatic hydroxyl groups excluding tert-OH is 1. The van der Waals surface area contributed by atoms with Gasteiger partial charge < -0.3 is 19.5 Å². The van der Waals surface area contributed by atoms with Crippen LogP contribution in [0, 0.1) is 13.8 Å². The molecule has 2 aromatic carbocycles. The van der Waals surface area contributed by atoms with E-state index in [4.69, 9.17) is 9.47 Å². The number of methoxy groups -OCH3 is 1. The lowest BCUT2D eigenvalue weighted by Gasteiger charge is -2.37. The van der Waals surface area contributed by atoms with Crippen molar-refractivity contribution in [1.82, 2.24) is 4.90 Å². The van der Waals surface area contributed by atoms with Crippen molar-refractivity contribution in [1.29, 1.82) is 0 Å². The van der Waals surface area contributed by atoms with Gasteiger partial charge >= 0.3 is 5.97 Å². The van der Waals surface area contributed by atoms with Crippen molar-refractivity contribution in [2.75, 3.05) is 51.3 Å². The van der Waals surface area contributed by atoms with Crippen molar-refractivity contribution in [2.45, 2.75) is 20.0 Å². The molecule has 29 heavy (non-hydrogen) atoms. The van der Waals surface area contributed by atoms with Crippen molar-refractivity contribution in [2.24, 2.45) is 0 Å². The summed E-state index contributed by atoms with van der Waals surface area (Å²) in [5.74, 6) is -0.0180. The zero-order chi connectivity index (χ0) is 20.8. The van der Waals surface area contributed by atoms with Crippen LogP contribution in [0.15, 0.2) is 42.5 Å². The van der Waals surface area contributed by atoms with Crippen LogP contribution in [0.1, 0.15) is 21.5 Å². The summed E-state index contributed by atoms with van der Waals surface area (Å²) >= 11 is 0. The molecule has 0 amide bonds. The molecule has 0 aromatic heterocycles. The lowest BCUT2D eigenvalue weighted by atomic mass is 10.1. The average Bonchev–Trinajstić information content (AvgIpc) is 2.74. The Labute approximate surface area is 172 Å². The fraction of sp³-hybridized carbons (Fsp3) is 0.435. The van der Waals surface area contributed by atoms with Crippen molar-refractivity contribution in [3.05, 3.63) is 59.2 Å². The van der Waals surface area contributed by atoms with Gasteiger partial charge in [-0.15, -0.1) is 0 Å². The summed E-state index contributed by atoms with van der Waals surface area (Å²) in [7, 11) is 1.34. The van der Waals surface area contributed by atoms with E-state index in [2.05, 4.69) is 41.8 Å². The minimum absolute atomic E-state index is 0.130. The second kappa shape index (κ2) is 9.76. The van der Waals surface area contributed by atoms with Gasteiger partial charge in [-0.2, -0.15) is 0 Å². The predicted octanol–water partition coefficient (Wildman–Crippen LogP) is 2.65. The summed E-state index contributed by atoms with van der Waals surface area (Å²) in [6.45, 7) is 8.59. The Morgan fingerprint density at radius 2 is 1.79 bits per heavy atom. The van der Waals surface area contributed by atoms with E-state index in [1.165, 1.54) is 23.9 Å². The second-order valence-electron chi connectivity index (χ2n) is 7.51. The number of aryl methyl sites for hydroxylation is 2. The van der Waals surface area contributed by atoms with Crippen LogP contribution in [0.25, 0.3) is 0 Å². The molecule has 0 bridgehead atoms. The number of nitrogens with zero attached hydrogens (tertiary/aromatic N) is 2. The van der Waals surface area contributed by atoms with Gasteiger partial charge in [0.15, 0.2) is 0 Å². The van der Waals surface area contributed by atoms with E-state index in [0.717, 1.165) is 26.2 Å². The summed E-state index contributed by atoms with van der Waals surface area (Å²) in [6.07, 6.45) is -0.631. The first-order valence-electron chi connectivity index (χ1n) is 10.0. The zero-order valence-electron chi connectivity index (χ0n) is 17.4. The van der Waals surface area contributed by atoms with Crippen LogP contribution < -0.4 is 9.64 Å². The number of ether oxygens (including phenoxy) is 2. The highest BCUT2D eigenvalue weighted by molar-refractivity contribution is 5.92. The lowest BCUT2D eigenvalue weighted by Crippen LogP contribution is -2.49. The van der Waals surface area contributed by atoms with E-state index in [1.54, 1.807) is 24.3 Å². The highest BCUT2D eigenvalue weighted by Gasteiger charge is 2.21. The van der Waals surface area contributed by atoms with Crippen LogP contribution in [0.5, 0.6) is 5.75 Å². The molecule has 1 fully saturated rings. The van der Waals surface area contributed by atoms with Crippen LogP contribution in [0.4, 0.5) is 5.69 Å². The SMILES string of the molecule is COC(=O)c1ccccc1OCC(O)CN1CCN(c2ccc(C)c(C)c2)CC1. The van der Waals surface area contributed by atoms with Gasteiger partial charge in [-0.1, -0.05) is 18.2 Å². The number of hydrogen-bond acceptors (Lipinski definition) is 6. The highest BCUT2D eigenvalue weighted by Crippen LogP contribution is 2.21. The van der Waals surface area contributed by atoms with Crippen molar-refractivity contribution in [3.8, 4) is 5.75 Å². The van der Waals surface area contributed by atoms with E-state index < -0.39 is 12.1 Å². The maximum atomic E-state index is 11.8. The van der Waals surface area contributed by atoms with Crippen LogP contribution in [0.2, 0.25) is 0 Å². The molecule has 0 aliphatic carbocycles. The first kappa shape index (κ1) is 21.1. The van der Waals surface area contributed by atoms with Crippen LogP contribution in [-0.4, -0.2) is 68.5 Å². The average molecular weight is 399 g/mol. The third kappa shape index (κ3) is 5.49. The molecule has 6 heteroatoms. The van der Waals surface area contributed by atoms with Crippen molar-refractivity contribution in [3.63, 3.8) is 0 Å². The number of hydrogen-bond donors (Lipinski definition) is 1. The van der Waals surface area contributed by atoms with Crippen molar-refractivity contribution >= 4 is 11.7 Å². The monoisotopic (exact) mass is 398 g/mol. The van der Waals surface area contributed by atoms with E-state index in [9.17, 15) is 9.90 Å². The van der Waals surface area contributed by atoms with Gasteiger partial charge in [0.25, 0.3) is 0 Å². The third-order valence-electron chi connectivity index (χ3n) is 5.42. The predicted molar refractivity (Wildman–Crippen MR) is 114 cm³/mol. The van der Waals surface area contributed by atoms with Gasteiger partial charge in [0.1, 0.15) is 24.0 Å². The van der Waals surface area contributed by atoms with Gasteiger partial charge in [0.2, 0.25) is 0 Å². The van der Waals surface area contributed by atoms with Gasteiger partial charge in [0.05, 0.1) is 7.11 Å². The minimum atomic E-state index is -0.631. The maximum Gasteiger partial charge on any atom is 0.341 e. The van der Waals surface area contributed by atoms with Crippen LogP contribution >= 0.6 is 0 Å². The molecule has 1 aliphatic rings. The van der Waals surface area contributed by atoms with Gasteiger partial charge in [0, 0.05) is 38.4 Å². The Morgan fingerprint density at radius 1 is 1.07 bits per heavy atom. The lowest BCUT2D eigenvalue weighted by molar-refractivity contribution is 0.0563. The first-order valence-corrected chi connectivity index (χ1v) is 10.0. The molecule has 1 heterocycles. The summed E-state index contributed by atoms with van der Waals surface area (Å²) in [5, 5.41) is 10.4. The Balaban J connectivity index is 1.47. The number of esters is 1. The molecule has 156 valence electrons. The quantitative estimate of drug-likeness (QED) is 0.724. The molecule has 1 atom stereocenters. The molecule has 1 unspecified atom stereocenters. The van der Waals surface area contributed by atoms with E-state index >= 15 is 0 Å². The standard InChI is InChI=1S/C23H30N2O4/c1-17-8-9-19(14-18(17)2)25-12-10-24(11-13-25)15-20(26)16-29-22-7-5-4-6-21(22)23(27)28-3/h4-9,14,20,26H,10-13,15-16H2,1-3H3. The maximum absolute atomic E-state index is 11.8. The molecule has 1 N–H and O–H groups in total. The Hall–Kier alpha value is -2.57. The fourth-order valence-corrected chi connectivity index (χ4v) is 3.52. The molecule has 2 aromatic rings. The first-order chi connectivity index (χ1) is 14.0. The molecule has 6 nitrogen and oxygen atoms in total. The largest absolute Gasteiger partial charge is 0.490 e. The summed E-state index contributed by atoms with van der Waals surface area (Å²) < 4.78 is 10.5. The fourth-order valence-electron chi connectivity index (χ4n) is 3.52. The molecular formula is C23H30N2O4. The Kier molecular flexibility index (Phi) is 7.12. The van der Waals surface area contributed by atoms with E-state index in [1.807, 2.05) is 0 Å². The zero-order valence-corrected chi connectivity index (χ0v) is 17.4. The van der Waals surface area contributed by atoms with Gasteiger partial charge in [-0.25, -0.2) is 4.79 Å². The number of anilines is 1. The number of piperazine rings is 1. The molecule has 1 aliphatic heterocycles. The number of para-hydroxylation sites is 1. The normalized spacial score (nSPS) is 15.8. The van der Waals surface area contributed by atoms with Crippen molar-refractivity contribution < 1.29 is 19.4 Å². The van der Waals surface area contributed by atoms with Gasteiger partial charge in [-0.3, -0.25) is 4.90 Å². The van der Waals surface area contributed by atoms with Gasteiger partial charge in [-0.05, 0) is 49.2 Å². The van der Waals surface area contributed by atoms with E-state index in [-0.39, 0.29) is 6.61 Å². The number of carbonyl (C=O) groups is 1. The Bertz CT molecular complexity index is 831.